The zero-order valence-corrected chi connectivity index (χ0v) is 14.3. The molecule has 0 fully saturated rings. The molecule has 0 saturated heterocycles. The summed E-state index contributed by atoms with van der Waals surface area (Å²) < 4.78 is 24.0. The molecule has 0 bridgehead atoms. The Bertz CT molecular complexity index is 966. The second-order valence-electron chi connectivity index (χ2n) is 5.31. The summed E-state index contributed by atoms with van der Waals surface area (Å²) in [5.41, 5.74) is 0.708. The summed E-state index contributed by atoms with van der Waals surface area (Å²) in [5, 5.41) is 2.97. The van der Waals surface area contributed by atoms with Gasteiger partial charge in [-0.3, -0.25) is 4.79 Å². The highest BCUT2D eigenvalue weighted by Gasteiger charge is 2.16. The first kappa shape index (κ1) is 17.7. The Balaban J connectivity index is 1.81. The molecular weight excluding hydrogens is 361 g/mol. The molecule has 0 atom stereocenters. The third kappa shape index (κ3) is 3.75. The molecule has 0 spiro atoms. The van der Waals surface area contributed by atoms with Crippen LogP contribution in [0.2, 0.25) is 5.02 Å². The van der Waals surface area contributed by atoms with Gasteiger partial charge in [-0.25, -0.2) is 9.18 Å². The monoisotopic (exact) mass is 373 g/mol. The van der Waals surface area contributed by atoms with Gasteiger partial charge in [0.25, 0.3) is 5.91 Å². The lowest BCUT2D eigenvalue weighted by molar-refractivity contribution is 0.0600. The lowest BCUT2D eigenvalue weighted by atomic mass is 10.2. The number of carbonyl (C=O) groups is 2. The van der Waals surface area contributed by atoms with Gasteiger partial charge in [0, 0.05) is 10.6 Å². The Morgan fingerprint density at radius 3 is 2.50 bits per heavy atom. The summed E-state index contributed by atoms with van der Waals surface area (Å²) in [6, 6.07) is 13.5. The van der Waals surface area contributed by atoms with Crippen LogP contribution in [0.25, 0.3) is 11.3 Å². The summed E-state index contributed by atoms with van der Waals surface area (Å²) in [6.45, 7) is 0. The molecule has 1 heterocycles. The normalized spacial score (nSPS) is 10.4. The summed E-state index contributed by atoms with van der Waals surface area (Å²) in [5.74, 6) is -1.50. The Labute approximate surface area is 153 Å². The van der Waals surface area contributed by atoms with E-state index >= 15 is 0 Å². The van der Waals surface area contributed by atoms with Crippen molar-refractivity contribution in [3.63, 3.8) is 0 Å². The number of benzene rings is 2. The van der Waals surface area contributed by atoms with Gasteiger partial charge in [0.15, 0.2) is 5.76 Å². The molecule has 5 nitrogen and oxygen atoms in total. The van der Waals surface area contributed by atoms with E-state index in [0.29, 0.717) is 10.8 Å². The molecule has 0 aliphatic heterocycles. The number of rotatable bonds is 4. The van der Waals surface area contributed by atoms with Gasteiger partial charge in [0.2, 0.25) is 0 Å². The number of anilines is 1. The number of esters is 1. The molecular formula is C19H13ClFNO4. The molecule has 2 aromatic carbocycles. The first-order valence-electron chi connectivity index (χ1n) is 7.53. The number of ether oxygens (including phenoxy) is 1. The van der Waals surface area contributed by atoms with E-state index in [2.05, 4.69) is 10.1 Å². The Morgan fingerprint density at radius 1 is 1.08 bits per heavy atom. The number of furan rings is 1. The highest BCUT2D eigenvalue weighted by molar-refractivity contribution is 6.30. The topological polar surface area (TPSA) is 68.5 Å². The van der Waals surface area contributed by atoms with E-state index in [-0.39, 0.29) is 17.0 Å². The number of amides is 1. The zero-order valence-electron chi connectivity index (χ0n) is 13.6. The summed E-state index contributed by atoms with van der Waals surface area (Å²) >= 11 is 5.84. The predicted molar refractivity (Wildman–Crippen MR) is 94.8 cm³/mol. The standard InChI is InChI=1S/C19H13ClFNO4/c1-25-19(24)12-4-7-14(21)15(10-12)22-18(23)17-9-8-16(26-17)11-2-5-13(20)6-3-11/h2-10H,1H3,(H,22,23). The SMILES string of the molecule is COC(=O)c1ccc(F)c(NC(=O)c2ccc(-c3ccc(Cl)cc3)o2)c1. The molecule has 1 aromatic heterocycles. The van der Waals surface area contributed by atoms with Crippen LogP contribution in [0.15, 0.2) is 59.0 Å². The maximum atomic E-state index is 13.9. The second-order valence-corrected chi connectivity index (χ2v) is 5.75. The fraction of sp³-hybridized carbons (Fsp3) is 0.0526. The minimum absolute atomic E-state index is 0.00202. The Kier molecular flexibility index (Phi) is 5.04. The van der Waals surface area contributed by atoms with Crippen molar-refractivity contribution in [1.29, 1.82) is 0 Å². The minimum Gasteiger partial charge on any atom is -0.465 e. The smallest absolute Gasteiger partial charge is 0.337 e. The number of halogens is 2. The lowest BCUT2D eigenvalue weighted by Gasteiger charge is -2.07. The van der Waals surface area contributed by atoms with Crippen LogP contribution < -0.4 is 5.32 Å². The van der Waals surface area contributed by atoms with E-state index in [1.54, 1.807) is 30.3 Å². The van der Waals surface area contributed by atoms with E-state index < -0.39 is 17.7 Å². The molecule has 3 aromatic rings. The van der Waals surface area contributed by atoms with E-state index in [1.165, 1.54) is 25.3 Å². The molecule has 0 radical (unpaired) electrons. The highest BCUT2D eigenvalue weighted by Crippen LogP contribution is 2.25. The van der Waals surface area contributed by atoms with Crippen molar-refractivity contribution < 1.29 is 23.1 Å². The second kappa shape index (κ2) is 7.41. The van der Waals surface area contributed by atoms with Crippen LogP contribution in [0.5, 0.6) is 0 Å². The van der Waals surface area contributed by atoms with Crippen molar-refractivity contribution in [3.05, 3.63) is 76.8 Å². The number of methoxy groups -OCH3 is 1. The molecule has 7 heteroatoms. The van der Waals surface area contributed by atoms with Crippen LogP contribution in [0.1, 0.15) is 20.9 Å². The van der Waals surface area contributed by atoms with Gasteiger partial charge in [0.05, 0.1) is 18.4 Å². The molecule has 1 amide bonds. The van der Waals surface area contributed by atoms with Gasteiger partial charge in [-0.05, 0) is 54.6 Å². The van der Waals surface area contributed by atoms with Crippen molar-refractivity contribution in [3.8, 4) is 11.3 Å². The summed E-state index contributed by atoms with van der Waals surface area (Å²) in [6.07, 6.45) is 0. The molecule has 0 saturated carbocycles. The fourth-order valence-electron chi connectivity index (χ4n) is 2.28. The molecule has 1 N–H and O–H groups in total. The van der Waals surface area contributed by atoms with Crippen molar-refractivity contribution >= 4 is 29.2 Å². The van der Waals surface area contributed by atoms with E-state index in [9.17, 15) is 14.0 Å². The van der Waals surface area contributed by atoms with Gasteiger partial charge in [0.1, 0.15) is 11.6 Å². The van der Waals surface area contributed by atoms with E-state index in [0.717, 1.165) is 11.6 Å². The van der Waals surface area contributed by atoms with Crippen LogP contribution in [-0.2, 0) is 4.74 Å². The van der Waals surface area contributed by atoms with Crippen LogP contribution in [0.3, 0.4) is 0 Å². The van der Waals surface area contributed by atoms with Crippen molar-refractivity contribution in [1.82, 2.24) is 0 Å². The molecule has 3 rings (SSSR count). The largest absolute Gasteiger partial charge is 0.465 e. The van der Waals surface area contributed by atoms with Gasteiger partial charge in [-0.15, -0.1) is 0 Å². The van der Waals surface area contributed by atoms with Crippen molar-refractivity contribution in [2.45, 2.75) is 0 Å². The Hall–Kier alpha value is -3.12. The first-order chi connectivity index (χ1) is 12.5. The van der Waals surface area contributed by atoms with Crippen LogP contribution in [0.4, 0.5) is 10.1 Å². The van der Waals surface area contributed by atoms with Crippen molar-refractivity contribution in [2.75, 3.05) is 12.4 Å². The average Bonchev–Trinajstić information content (AvgIpc) is 3.13. The maximum Gasteiger partial charge on any atom is 0.337 e. The number of carbonyl (C=O) groups excluding carboxylic acids is 2. The zero-order chi connectivity index (χ0) is 18.7. The molecule has 26 heavy (non-hydrogen) atoms. The quantitative estimate of drug-likeness (QED) is 0.668. The predicted octanol–water partition coefficient (Wildman–Crippen LogP) is 4.78. The fourth-order valence-corrected chi connectivity index (χ4v) is 2.41. The third-order valence-electron chi connectivity index (χ3n) is 3.59. The number of hydrogen-bond acceptors (Lipinski definition) is 4. The molecule has 0 aliphatic carbocycles. The van der Waals surface area contributed by atoms with Crippen molar-refractivity contribution in [2.24, 2.45) is 0 Å². The number of nitrogens with one attached hydrogen (secondary N) is 1. The molecule has 0 unspecified atom stereocenters. The number of hydrogen-bond donors (Lipinski definition) is 1. The first-order valence-corrected chi connectivity index (χ1v) is 7.90. The Morgan fingerprint density at radius 2 is 1.81 bits per heavy atom. The molecule has 0 aliphatic rings. The van der Waals surface area contributed by atoms with E-state index in [4.69, 9.17) is 16.0 Å². The van der Waals surface area contributed by atoms with Crippen LogP contribution in [0, 0.1) is 5.82 Å². The summed E-state index contributed by atoms with van der Waals surface area (Å²) in [4.78, 5) is 23.8. The van der Waals surface area contributed by atoms with Gasteiger partial charge < -0.3 is 14.5 Å². The lowest BCUT2D eigenvalue weighted by Crippen LogP contribution is -2.13. The maximum absolute atomic E-state index is 13.9. The average molecular weight is 374 g/mol. The molecule has 132 valence electrons. The van der Waals surface area contributed by atoms with E-state index in [1.807, 2.05) is 0 Å². The minimum atomic E-state index is -0.685. The van der Waals surface area contributed by atoms with Crippen LogP contribution >= 0.6 is 11.6 Å². The summed E-state index contributed by atoms with van der Waals surface area (Å²) in [7, 11) is 1.21. The van der Waals surface area contributed by atoms with Crippen LogP contribution in [-0.4, -0.2) is 19.0 Å². The highest BCUT2D eigenvalue weighted by atomic mass is 35.5. The third-order valence-corrected chi connectivity index (χ3v) is 3.85. The van der Waals surface area contributed by atoms with Gasteiger partial charge >= 0.3 is 5.97 Å². The van der Waals surface area contributed by atoms with Gasteiger partial charge in [-0.2, -0.15) is 0 Å². The van der Waals surface area contributed by atoms with Gasteiger partial charge in [-0.1, -0.05) is 11.6 Å².